The van der Waals surface area contributed by atoms with E-state index >= 15 is 0 Å². The summed E-state index contributed by atoms with van der Waals surface area (Å²) in [6.07, 6.45) is 1.55. The standard InChI is InChI=1S/C17H16N4O2/c1-20-14-9-8-12(10-15(14)21(2)17(20)23)11-18-19-16(22)13-6-4-3-5-7-13/h3-11H,1-2H3,(H,19,22). The molecule has 6 nitrogen and oxygen atoms in total. The molecular formula is C17H16N4O2. The maximum Gasteiger partial charge on any atom is 0.328 e. The summed E-state index contributed by atoms with van der Waals surface area (Å²) in [5.74, 6) is -0.268. The Kier molecular flexibility index (Phi) is 3.80. The number of nitrogens with zero attached hydrogens (tertiary/aromatic N) is 3. The van der Waals surface area contributed by atoms with Gasteiger partial charge in [-0.05, 0) is 29.8 Å². The van der Waals surface area contributed by atoms with Crippen molar-refractivity contribution in [2.75, 3.05) is 0 Å². The van der Waals surface area contributed by atoms with Crippen LogP contribution in [0, 0.1) is 0 Å². The molecule has 0 fully saturated rings. The van der Waals surface area contributed by atoms with Gasteiger partial charge in [-0.15, -0.1) is 0 Å². The van der Waals surface area contributed by atoms with Crippen LogP contribution in [0.1, 0.15) is 15.9 Å². The first-order chi connectivity index (χ1) is 11.1. The maximum atomic E-state index is 11.9. The highest BCUT2D eigenvalue weighted by Crippen LogP contribution is 2.12. The van der Waals surface area contributed by atoms with Gasteiger partial charge >= 0.3 is 5.69 Å². The van der Waals surface area contributed by atoms with E-state index in [2.05, 4.69) is 10.5 Å². The average molecular weight is 308 g/mol. The van der Waals surface area contributed by atoms with Crippen molar-refractivity contribution in [1.29, 1.82) is 0 Å². The Morgan fingerprint density at radius 3 is 2.48 bits per heavy atom. The highest BCUT2D eigenvalue weighted by molar-refractivity contribution is 5.95. The monoisotopic (exact) mass is 308 g/mol. The van der Waals surface area contributed by atoms with Gasteiger partial charge in [0.15, 0.2) is 0 Å². The average Bonchev–Trinajstić information content (AvgIpc) is 2.80. The van der Waals surface area contributed by atoms with Crippen LogP contribution in [-0.4, -0.2) is 21.3 Å². The van der Waals surface area contributed by atoms with Gasteiger partial charge in [-0.1, -0.05) is 24.3 Å². The first-order valence-corrected chi connectivity index (χ1v) is 7.12. The molecule has 0 radical (unpaired) electrons. The van der Waals surface area contributed by atoms with Gasteiger partial charge in [0.25, 0.3) is 5.91 Å². The van der Waals surface area contributed by atoms with Crippen molar-refractivity contribution >= 4 is 23.2 Å². The molecule has 0 spiro atoms. The lowest BCUT2D eigenvalue weighted by atomic mass is 10.2. The van der Waals surface area contributed by atoms with Crippen LogP contribution in [0.15, 0.2) is 58.4 Å². The number of rotatable bonds is 3. The molecule has 1 N–H and O–H groups in total. The number of aryl methyl sites for hydroxylation is 2. The van der Waals surface area contributed by atoms with Crippen LogP contribution >= 0.6 is 0 Å². The number of carbonyl (C=O) groups is 1. The van der Waals surface area contributed by atoms with Crippen molar-refractivity contribution < 1.29 is 4.79 Å². The number of hydrogen-bond donors (Lipinski definition) is 1. The SMILES string of the molecule is Cn1c(=O)n(C)c2cc(C=NNC(=O)c3ccccc3)ccc21. The summed E-state index contributed by atoms with van der Waals surface area (Å²) in [5, 5.41) is 3.96. The number of nitrogens with one attached hydrogen (secondary N) is 1. The number of aromatic nitrogens is 2. The zero-order valence-electron chi connectivity index (χ0n) is 12.9. The summed E-state index contributed by atoms with van der Waals surface area (Å²) in [5.41, 5.74) is 5.42. The van der Waals surface area contributed by atoms with Gasteiger partial charge in [0.1, 0.15) is 0 Å². The van der Waals surface area contributed by atoms with Gasteiger partial charge in [-0.2, -0.15) is 5.10 Å². The minimum atomic E-state index is -0.268. The molecular weight excluding hydrogens is 292 g/mol. The largest absolute Gasteiger partial charge is 0.328 e. The van der Waals surface area contributed by atoms with Gasteiger partial charge < -0.3 is 0 Å². The lowest BCUT2D eigenvalue weighted by Crippen LogP contribution is -2.19. The molecule has 1 heterocycles. The fourth-order valence-corrected chi connectivity index (χ4v) is 2.42. The fourth-order valence-electron chi connectivity index (χ4n) is 2.42. The molecule has 0 aliphatic heterocycles. The van der Waals surface area contributed by atoms with Crippen LogP contribution in [0.5, 0.6) is 0 Å². The molecule has 2 aromatic carbocycles. The van der Waals surface area contributed by atoms with E-state index in [0.29, 0.717) is 5.56 Å². The van der Waals surface area contributed by atoms with Crippen LogP contribution in [-0.2, 0) is 14.1 Å². The van der Waals surface area contributed by atoms with Crippen LogP contribution in [0.3, 0.4) is 0 Å². The van der Waals surface area contributed by atoms with E-state index in [9.17, 15) is 9.59 Å². The summed E-state index contributed by atoms with van der Waals surface area (Å²) in [6, 6.07) is 14.4. The van der Waals surface area contributed by atoms with Crippen molar-refractivity contribution in [1.82, 2.24) is 14.6 Å². The predicted octanol–water partition coefficient (Wildman–Crippen LogP) is 1.64. The normalized spacial score (nSPS) is 11.2. The lowest BCUT2D eigenvalue weighted by molar-refractivity contribution is 0.0955. The molecule has 1 amide bonds. The molecule has 23 heavy (non-hydrogen) atoms. The zero-order chi connectivity index (χ0) is 16.4. The van der Waals surface area contributed by atoms with E-state index in [-0.39, 0.29) is 11.6 Å². The summed E-state index contributed by atoms with van der Waals surface area (Å²) in [4.78, 5) is 23.8. The molecule has 1 aromatic heterocycles. The Labute approximate surface area is 132 Å². The minimum absolute atomic E-state index is 0.0773. The first kappa shape index (κ1) is 14.8. The molecule has 0 saturated heterocycles. The molecule has 0 aliphatic rings. The van der Waals surface area contributed by atoms with E-state index in [0.717, 1.165) is 16.6 Å². The molecule has 0 saturated carbocycles. The van der Waals surface area contributed by atoms with E-state index in [1.807, 2.05) is 24.3 Å². The summed E-state index contributed by atoms with van der Waals surface area (Å²) in [7, 11) is 3.46. The molecule has 6 heteroatoms. The smallest absolute Gasteiger partial charge is 0.295 e. The third-order valence-corrected chi connectivity index (χ3v) is 3.71. The van der Waals surface area contributed by atoms with Crippen LogP contribution in [0.4, 0.5) is 0 Å². The van der Waals surface area contributed by atoms with Crippen molar-refractivity contribution in [2.24, 2.45) is 19.2 Å². The van der Waals surface area contributed by atoms with Crippen molar-refractivity contribution in [3.8, 4) is 0 Å². The zero-order valence-corrected chi connectivity index (χ0v) is 12.9. The fraction of sp³-hybridized carbons (Fsp3) is 0.118. The Bertz CT molecular complexity index is 952. The number of benzene rings is 2. The maximum absolute atomic E-state index is 11.9. The summed E-state index contributed by atoms with van der Waals surface area (Å²) < 4.78 is 3.17. The molecule has 0 aliphatic carbocycles. The molecule has 0 unspecified atom stereocenters. The van der Waals surface area contributed by atoms with Gasteiger partial charge in [-0.25, -0.2) is 10.2 Å². The first-order valence-electron chi connectivity index (χ1n) is 7.12. The van der Waals surface area contributed by atoms with Gasteiger partial charge in [-0.3, -0.25) is 13.9 Å². The molecule has 0 atom stereocenters. The minimum Gasteiger partial charge on any atom is -0.295 e. The second kappa shape index (κ2) is 5.92. The van der Waals surface area contributed by atoms with Crippen LogP contribution < -0.4 is 11.1 Å². The third-order valence-electron chi connectivity index (χ3n) is 3.71. The number of hydrogen-bond acceptors (Lipinski definition) is 3. The van der Waals surface area contributed by atoms with E-state index < -0.39 is 0 Å². The van der Waals surface area contributed by atoms with Crippen molar-refractivity contribution in [2.45, 2.75) is 0 Å². The van der Waals surface area contributed by atoms with Crippen LogP contribution in [0.2, 0.25) is 0 Å². The number of hydrazone groups is 1. The number of amides is 1. The Morgan fingerprint density at radius 1 is 1.04 bits per heavy atom. The Hall–Kier alpha value is -3.15. The van der Waals surface area contributed by atoms with Crippen molar-refractivity contribution in [3.05, 3.63) is 70.1 Å². The predicted molar refractivity (Wildman–Crippen MR) is 89.7 cm³/mol. The van der Waals surface area contributed by atoms with Gasteiger partial charge in [0, 0.05) is 19.7 Å². The quantitative estimate of drug-likeness (QED) is 0.590. The van der Waals surface area contributed by atoms with Crippen LogP contribution in [0.25, 0.3) is 11.0 Å². The molecule has 3 aromatic rings. The summed E-state index contributed by atoms with van der Waals surface area (Å²) in [6.45, 7) is 0. The van der Waals surface area contributed by atoms with Gasteiger partial charge in [0.2, 0.25) is 0 Å². The van der Waals surface area contributed by atoms with E-state index in [1.54, 1.807) is 53.7 Å². The van der Waals surface area contributed by atoms with Crippen molar-refractivity contribution in [3.63, 3.8) is 0 Å². The molecule has 0 bridgehead atoms. The third kappa shape index (κ3) is 2.78. The van der Waals surface area contributed by atoms with E-state index in [1.165, 1.54) is 0 Å². The molecule has 3 rings (SSSR count). The number of fused-ring (bicyclic) bond motifs is 1. The highest BCUT2D eigenvalue weighted by atomic mass is 16.2. The topological polar surface area (TPSA) is 68.4 Å². The number of imidazole rings is 1. The number of carbonyl (C=O) groups excluding carboxylic acids is 1. The molecule has 116 valence electrons. The second-order valence-corrected chi connectivity index (χ2v) is 5.21. The van der Waals surface area contributed by atoms with Gasteiger partial charge in [0.05, 0.1) is 17.2 Å². The Morgan fingerprint density at radius 2 is 1.74 bits per heavy atom. The summed E-state index contributed by atoms with van der Waals surface area (Å²) >= 11 is 0. The highest BCUT2D eigenvalue weighted by Gasteiger charge is 2.07. The Balaban J connectivity index is 1.80. The second-order valence-electron chi connectivity index (χ2n) is 5.21. The lowest BCUT2D eigenvalue weighted by Gasteiger charge is -2.00. The van der Waals surface area contributed by atoms with E-state index in [4.69, 9.17) is 0 Å².